The molecule has 0 fully saturated rings. The topological polar surface area (TPSA) is 151 Å². The minimum atomic E-state index is -1.17. The summed E-state index contributed by atoms with van der Waals surface area (Å²) in [7, 11) is 0. The minimum absolute atomic E-state index is 0.0797. The molecule has 0 aliphatic carbocycles. The average Bonchev–Trinajstić information content (AvgIpc) is 2.55. The van der Waals surface area contributed by atoms with E-state index >= 15 is 0 Å². The first kappa shape index (κ1) is 22.8. The van der Waals surface area contributed by atoms with Crippen LogP contribution in [0.3, 0.4) is 0 Å². The Balaban J connectivity index is 4.78. The molecular weight excluding hydrogens is 328 g/mol. The highest BCUT2D eigenvalue weighted by Crippen LogP contribution is 2.09. The van der Waals surface area contributed by atoms with Crippen LogP contribution in [0.5, 0.6) is 0 Å². The third-order valence-corrected chi connectivity index (χ3v) is 3.99. The lowest BCUT2D eigenvalue weighted by Crippen LogP contribution is -2.56. The molecule has 144 valence electrons. The fourth-order valence-electron chi connectivity index (χ4n) is 1.89. The summed E-state index contributed by atoms with van der Waals surface area (Å²) in [6.45, 7) is 8.22. The minimum Gasteiger partial charge on any atom is -0.480 e. The SMILES string of the molecule is CCC(C)C(NC(=O)C(N)C(C)C)C(=O)NCC(=O)NC(C)C(=O)O. The number of carbonyl (C=O) groups is 4. The number of carboxylic acids is 1. The standard InChI is InChI=1S/C16H30N4O5/c1-6-9(4)13(20-14(22)12(17)8(2)3)15(23)18-7-11(21)19-10(5)16(24)25/h8-10,12-13H,6-7,17H2,1-5H3,(H,18,23)(H,19,21)(H,20,22)(H,24,25). The van der Waals surface area contributed by atoms with E-state index in [1.165, 1.54) is 6.92 Å². The molecule has 6 N–H and O–H groups in total. The molecule has 9 heteroatoms. The largest absolute Gasteiger partial charge is 0.480 e. The molecule has 0 saturated carbocycles. The van der Waals surface area contributed by atoms with E-state index in [1.807, 2.05) is 6.92 Å². The average molecular weight is 358 g/mol. The lowest BCUT2D eigenvalue weighted by Gasteiger charge is -2.26. The van der Waals surface area contributed by atoms with Crippen LogP contribution in [0, 0.1) is 11.8 Å². The Kier molecular flexibility index (Phi) is 9.73. The van der Waals surface area contributed by atoms with Crippen molar-refractivity contribution in [3.8, 4) is 0 Å². The summed E-state index contributed by atoms with van der Waals surface area (Å²) < 4.78 is 0. The van der Waals surface area contributed by atoms with Crippen molar-refractivity contribution < 1.29 is 24.3 Å². The molecule has 0 radical (unpaired) electrons. The summed E-state index contributed by atoms with van der Waals surface area (Å²) >= 11 is 0. The Morgan fingerprint density at radius 3 is 2.00 bits per heavy atom. The summed E-state index contributed by atoms with van der Waals surface area (Å²) in [5.41, 5.74) is 5.79. The maximum absolute atomic E-state index is 12.3. The molecule has 0 saturated heterocycles. The Bertz CT molecular complexity index is 495. The van der Waals surface area contributed by atoms with Gasteiger partial charge in [-0.05, 0) is 18.8 Å². The van der Waals surface area contributed by atoms with Crippen molar-refractivity contribution in [2.24, 2.45) is 17.6 Å². The van der Waals surface area contributed by atoms with Gasteiger partial charge in [0.25, 0.3) is 0 Å². The van der Waals surface area contributed by atoms with Crippen LogP contribution in [-0.2, 0) is 19.2 Å². The van der Waals surface area contributed by atoms with Gasteiger partial charge in [0.15, 0.2) is 0 Å². The lowest BCUT2D eigenvalue weighted by molar-refractivity contribution is -0.141. The smallest absolute Gasteiger partial charge is 0.325 e. The molecule has 0 aliphatic rings. The van der Waals surface area contributed by atoms with E-state index in [1.54, 1.807) is 20.8 Å². The first-order chi connectivity index (χ1) is 11.5. The molecule has 4 unspecified atom stereocenters. The zero-order chi connectivity index (χ0) is 19.7. The molecule has 0 rings (SSSR count). The van der Waals surface area contributed by atoms with Crippen LogP contribution in [0.25, 0.3) is 0 Å². The van der Waals surface area contributed by atoms with Crippen molar-refractivity contribution in [3.63, 3.8) is 0 Å². The number of rotatable bonds is 10. The van der Waals surface area contributed by atoms with Crippen LogP contribution in [0.15, 0.2) is 0 Å². The molecule has 0 bridgehead atoms. The zero-order valence-electron chi connectivity index (χ0n) is 15.5. The van der Waals surface area contributed by atoms with Crippen molar-refractivity contribution in [1.82, 2.24) is 16.0 Å². The molecule has 0 aromatic carbocycles. The van der Waals surface area contributed by atoms with E-state index in [9.17, 15) is 19.2 Å². The Morgan fingerprint density at radius 1 is 1.00 bits per heavy atom. The van der Waals surface area contributed by atoms with Gasteiger partial charge in [-0.2, -0.15) is 0 Å². The summed E-state index contributed by atoms with van der Waals surface area (Å²) in [6.07, 6.45) is 0.636. The van der Waals surface area contributed by atoms with Gasteiger partial charge in [0.1, 0.15) is 12.1 Å². The van der Waals surface area contributed by atoms with Gasteiger partial charge in [0.05, 0.1) is 12.6 Å². The first-order valence-corrected chi connectivity index (χ1v) is 8.37. The number of hydrogen-bond acceptors (Lipinski definition) is 5. The predicted molar refractivity (Wildman–Crippen MR) is 92.4 cm³/mol. The molecule has 0 spiro atoms. The second kappa shape index (κ2) is 10.7. The lowest BCUT2D eigenvalue weighted by atomic mass is 9.97. The molecule has 3 amide bonds. The monoisotopic (exact) mass is 358 g/mol. The maximum atomic E-state index is 12.3. The number of nitrogens with two attached hydrogens (primary N) is 1. The van der Waals surface area contributed by atoms with Crippen LogP contribution in [-0.4, -0.2) is 53.5 Å². The normalized spacial score (nSPS) is 15.6. The van der Waals surface area contributed by atoms with Crippen LogP contribution >= 0.6 is 0 Å². The Morgan fingerprint density at radius 2 is 1.56 bits per heavy atom. The molecule has 0 aromatic rings. The zero-order valence-corrected chi connectivity index (χ0v) is 15.5. The van der Waals surface area contributed by atoms with Gasteiger partial charge in [-0.3, -0.25) is 19.2 Å². The third-order valence-electron chi connectivity index (χ3n) is 3.99. The molecule has 0 aliphatic heterocycles. The highest BCUT2D eigenvalue weighted by Gasteiger charge is 2.29. The summed E-state index contributed by atoms with van der Waals surface area (Å²) in [6, 6.07) is -2.62. The van der Waals surface area contributed by atoms with Gasteiger partial charge in [0.2, 0.25) is 17.7 Å². The molecule has 0 heterocycles. The van der Waals surface area contributed by atoms with Crippen molar-refractivity contribution in [3.05, 3.63) is 0 Å². The fraction of sp³-hybridized carbons (Fsp3) is 0.750. The number of nitrogens with one attached hydrogen (secondary N) is 3. The van der Waals surface area contributed by atoms with Crippen molar-refractivity contribution in [2.45, 2.75) is 59.2 Å². The summed E-state index contributed by atoms with van der Waals surface area (Å²) in [5.74, 6) is -2.99. The second-order valence-electron chi connectivity index (χ2n) is 6.49. The van der Waals surface area contributed by atoms with E-state index in [4.69, 9.17) is 10.8 Å². The molecular formula is C16H30N4O5. The van der Waals surface area contributed by atoms with Crippen LogP contribution in [0.4, 0.5) is 0 Å². The number of aliphatic carboxylic acids is 1. The number of carboxylic acid groups (broad SMARTS) is 1. The van der Waals surface area contributed by atoms with Gasteiger partial charge >= 0.3 is 5.97 Å². The van der Waals surface area contributed by atoms with Gasteiger partial charge in [-0.1, -0.05) is 34.1 Å². The van der Waals surface area contributed by atoms with Gasteiger partial charge in [-0.25, -0.2) is 0 Å². The van der Waals surface area contributed by atoms with Crippen LogP contribution < -0.4 is 21.7 Å². The van der Waals surface area contributed by atoms with E-state index in [2.05, 4.69) is 16.0 Å². The van der Waals surface area contributed by atoms with Crippen molar-refractivity contribution in [2.75, 3.05) is 6.54 Å². The van der Waals surface area contributed by atoms with E-state index in [0.717, 1.165) is 0 Å². The quantitative estimate of drug-likeness (QED) is 0.345. The molecule has 0 aromatic heterocycles. The molecule has 9 nitrogen and oxygen atoms in total. The predicted octanol–water partition coefficient (Wildman–Crippen LogP) is -0.794. The highest BCUT2D eigenvalue weighted by atomic mass is 16.4. The molecule has 4 atom stereocenters. The van der Waals surface area contributed by atoms with E-state index in [0.29, 0.717) is 6.42 Å². The second-order valence-corrected chi connectivity index (χ2v) is 6.49. The number of carbonyl (C=O) groups excluding carboxylic acids is 3. The fourth-order valence-corrected chi connectivity index (χ4v) is 1.89. The molecule has 25 heavy (non-hydrogen) atoms. The summed E-state index contributed by atoms with van der Waals surface area (Å²) in [4.78, 5) is 46.8. The van der Waals surface area contributed by atoms with Crippen LogP contribution in [0.2, 0.25) is 0 Å². The van der Waals surface area contributed by atoms with E-state index < -0.39 is 41.8 Å². The third kappa shape index (κ3) is 7.97. The number of hydrogen-bond donors (Lipinski definition) is 5. The van der Waals surface area contributed by atoms with Crippen LogP contribution in [0.1, 0.15) is 41.0 Å². The first-order valence-electron chi connectivity index (χ1n) is 8.37. The Labute approximate surface area is 148 Å². The van der Waals surface area contributed by atoms with E-state index in [-0.39, 0.29) is 18.4 Å². The van der Waals surface area contributed by atoms with Gasteiger partial charge in [-0.15, -0.1) is 0 Å². The van der Waals surface area contributed by atoms with Crippen molar-refractivity contribution in [1.29, 1.82) is 0 Å². The van der Waals surface area contributed by atoms with Gasteiger partial charge < -0.3 is 26.8 Å². The maximum Gasteiger partial charge on any atom is 0.325 e. The number of amides is 3. The Hall–Kier alpha value is -2.16. The highest BCUT2D eigenvalue weighted by molar-refractivity contribution is 5.92. The van der Waals surface area contributed by atoms with Crippen molar-refractivity contribution >= 4 is 23.7 Å². The summed E-state index contributed by atoms with van der Waals surface area (Å²) in [5, 5.41) is 16.0. The van der Waals surface area contributed by atoms with Gasteiger partial charge in [0, 0.05) is 0 Å².